The van der Waals surface area contributed by atoms with Gasteiger partial charge in [0.05, 0.1) is 20.8 Å². The minimum Gasteiger partial charge on any atom is -0.286 e. The molecule has 2 aromatic rings. The van der Waals surface area contributed by atoms with Crippen molar-refractivity contribution < 1.29 is 13.0 Å². The Morgan fingerprint density at radius 2 is 1.90 bits per heavy atom. The number of unbranched alkanes of at least 4 members (excludes halogenated alkanes) is 3. The Hall–Kier alpha value is -0.890. The molecular formula is C14H17NO3S3. The van der Waals surface area contributed by atoms with Gasteiger partial charge in [-0.05, 0) is 31.4 Å². The first-order chi connectivity index (χ1) is 9.96. The molecule has 7 heteroatoms. The highest BCUT2D eigenvalue weighted by molar-refractivity contribution is 7.85. The van der Waals surface area contributed by atoms with Crippen molar-refractivity contribution in [2.24, 2.45) is 0 Å². The van der Waals surface area contributed by atoms with E-state index in [4.69, 9.17) is 16.8 Å². The van der Waals surface area contributed by atoms with Gasteiger partial charge < -0.3 is 0 Å². The minimum absolute atomic E-state index is 0.157. The normalized spacial score (nSPS) is 11.9. The highest BCUT2D eigenvalue weighted by Gasteiger charge is 2.08. The largest absolute Gasteiger partial charge is 0.286 e. The molecule has 0 bridgehead atoms. The van der Waals surface area contributed by atoms with Crippen molar-refractivity contribution in [1.29, 1.82) is 0 Å². The summed E-state index contributed by atoms with van der Waals surface area (Å²) in [7, 11) is -3.82. The summed E-state index contributed by atoms with van der Waals surface area (Å²) in [5.41, 5.74) is 0.980. The summed E-state index contributed by atoms with van der Waals surface area (Å²) in [6.07, 6.45) is 3.89. The second-order valence-electron chi connectivity index (χ2n) is 4.86. The van der Waals surface area contributed by atoms with Crippen molar-refractivity contribution in [2.45, 2.75) is 32.1 Å². The third-order valence-electron chi connectivity index (χ3n) is 3.09. The Kier molecular flexibility index (Phi) is 5.80. The van der Waals surface area contributed by atoms with Gasteiger partial charge in [-0.3, -0.25) is 4.55 Å². The van der Waals surface area contributed by atoms with E-state index in [2.05, 4.69) is 4.98 Å². The zero-order valence-corrected chi connectivity index (χ0v) is 13.9. The fourth-order valence-electron chi connectivity index (χ4n) is 2.02. The van der Waals surface area contributed by atoms with Crippen LogP contribution in [0.1, 0.15) is 37.1 Å². The molecule has 1 heterocycles. The van der Waals surface area contributed by atoms with Crippen LogP contribution in [0.15, 0.2) is 24.3 Å². The molecule has 0 fully saturated rings. The standard InChI is InChI=1S/C14H17NO3S3/c16-21(17,18)10-6-2-1-3-8-12(19)14-15-11-7-4-5-9-13(11)20-14/h4-5,7,9H,1-3,6,8,10H2,(H,16,17,18). The van der Waals surface area contributed by atoms with Gasteiger partial charge in [-0.2, -0.15) is 8.42 Å². The Morgan fingerprint density at radius 1 is 1.19 bits per heavy atom. The van der Waals surface area contributed by atoms with Crippen LogP contribution in [0.5, 0.6) is 0 Å². The van der Waals surface area contributed by atoms with Gasteiger partial charge in [0.15, 0.2) is 0 Å². The maximum Gasteiger partial charge on any atom is 0.264 e. The molecule has 21 heavy (non-hydrogen) atoms. The van der Waals surface area contributed by atoms with Crippen LogP contribution >= 0.6 is 23.6 Å². The fraction of sp³-hybridized carbons (Fsp3) is 0.429. The lowest BCUT2D eigenvalue weighted by atomic mass is 10.1. The van der Waals surface area contributed by atoms with Crippen LogP contribution in [-0.2, 0) is 10.1 Å². The van der Waals surface area contributed by atoms with Crippen LogP contribution in [0.25, 0.3) is 10.2 Å². The van der Waals surface area contributed by atoms with E-state index in [1.165, 1.54) is 0 Å². The van der Waals surface area contributed by atoms with E-state index < -0.39 is 10.1 Å². The second-order valence-corrected chi connectivity index (χ2v) is 7.96. The molecule has 1 N–H and O–H groups in total. The van der Waals surface area contributed by atoms with E-state index in [1.807, 2.05) is 24.3 Å². The number of fused-ring (bicyclic) bond motifs is 1. The first-order valence-electron chi connectivity index (χ1n) is 6.80. The van der Waals surface area contributed by atoms with Crippen molar-refractivity contribution in [3.63, 3.8) is 0 Å². The van der Waals surface area contributed by atoms with Gasteiger partial charge in [0.25, 0.3) is 10.1 Å². The monoisotopic (exact) mass is 343 g/mol. The maximum absolute atomic E-state index is 10.6. The molecule has 0 atom stereocenters. The lowest BCUT2D eigenvalue weighted by molar-refractivity contribution is 0.479. The SMILES string of the molecule is O=S(=O)(O)CCCCCCC(=S)c1nc2ccccc2s1. The molecule has 0 unspecified atom stereocenters. The quantitative estimate of drug-likeness (QED) is 0.341. The number of thiazole rings is 1. The van der Waals surface area contributed by atoms with Crippen LogP contribution in [-0.4, -0.2) is 28.6 Å². The molecular weight excluding hydrogens is 326 g/mol. The Bertz CT molecular complexity index is 689. The van der Waals surface area contributed by atoms with Crippen LogP contribution in [0.2, 0.25) is 0 Å². The highest BCUT2D eigenvalue weighted by atomic mass is 32.2. The number of nitrogens with zero attached hydrogens (tertiary/aromatic N) is 1. The highest BCUT2D eigenvalue weighted by Crippen LogP contribution is 2.23. The molecule has 0 spiro atoms. The van der Waals surface area contributed by atoms with Gasteiger partial charge in [-0.1, -0.05) is 37.2 Å². The van der Waals surface area contributed by atoms with Crippen molar-refractivity contribution >= 4 is 48.8 Å². The third kappa shape index (κ3) is 5.43. The minimum atomic E-state index is -3.82. The molecule has 1 aromatic carbocycles. The average Bonchev–Trinajstić information content (AvgIpc) is 2.85. The van der Waals surface area contributed by atoms with E-state index in [0.29, 0.717) is 6.42 Å². The number of rotatable bonds is 8. The van der Waals surface area contributed by atoms with Crippen LogP contribution in [0.4, 0.5) is 0 Å². The predicted octanol–water partition coefficient (Wildman–Crippen LogP) is 3.85. The Morgan fingerprint density at radius 3 is 2.62 bits per heavy atom. The molecule has 0 aliphatic carbocycles. The van der Waals surface area contributed by atoms with Gasteiger partial charge in [-0.25, -0.2) is 4.98 Å². The van der Waals surface area contributed by atoms with Gasteiger partial charge in [0.2, 0.25) is 0 Å². The summed E-state index contributed by atoms with van der Waals surface area (Å²) in [5, 5.41) is 0.907. The molecule has 0 aliphatic heterocycles. The van der Waals surface area contributed by atoms with Crippen LogP contribution < -0.4 is 0 Å². The van der Waals surface area contributed by atoms with Gasteiger partial charge >= 0.3 is 0 Å². The zero-order valence-electron chi connectivity index (χ0n) is 11.5. The van der Waals surface area contributed by atoms with Gasteiger partial charge in [-0.15, -0.1) is 11.3 Å². The molecule has 0 saturated carbocycles. The number of hydrogen-bond acceptors (Lipinski definition) is 5. The number of hydrogen-bond donors (Lipinski definition) is 1. The molecule has 4 nitrogen and oxygen atoms in total. The summed E-state index contributed by atoms with van der Waals surface area (Å²) in [6.45, 7) is 0. The Labute approximate surface area is 134 Å². The number of benzene rings is 1. The van der Waals surface area contributed by atoms with E-state index in [0.717, 1.165) is 45.8 Å². The number of thiocarbonyl (C=S) groups is 1. The third-order valence-corrected chi connectivity index (χ3v) is 5.52. The second kappa shape index (κ2) is 7.40. The summed E-state index contributed by atoms with van der Waals surface area (Å²) in [4.78, 5) is 5.39. The molecule has 0 amide bonds. The summed E-state index contributed by atoms with van der Waals surface area (Å²) in [5.74, 6) is -0.157. The van der Waals surface area contributed by atoms with E-state index in [9.17, 15) is 8.42 Å². The molecule has 0 aliphatic rings. The summed E-state index contributed by atoms with van der Waals surface area (Å²) in [6, 6.07) is 7.97. The lowest BCUT2D eigenvalue weighted by Gasteiger charge is -2.01. The fourth-order valence-corrected chi connectivity index (χ4v) is 3.84. The molecule has 114 valence electrons. The van der Waals surface area contributed by atoms with Crippen molar-refractivity contribution in [3.8, 4) is 0 Å². The first kappa shape index (κ1) is 16.5. The number of aromatic nitrogens is 1. The first-order valence-corrected chi connectivity index (χ1v) is 9.63. The van der Waals surface area contributed by atoms with Crippen LogP contribution in [0, 0.1) is 0 Å². The number of para-hydroxylation sites is 1. The van der Waals surface area contributed by atoms with E-state index in [1.54, 1.807) is 11.3 Å². The Balaban J connectivity index is 1.75. The predicted molar refractivity (Wildman–Crippen MR) is 90.8 cm³/mol. The topological polar surface area (TPSA) is 67.3 Å². The van der Waals surface area contributed by atoms with Gasteiger partial charge in [0, 0.05) is 0 Å². The van der Waals surface area contributed by atoms with Crippen LogP contribution in [0.3, 0.4) is 0 Å². The van der Waals surface area contributed by atoms with E-state index >= 15 is 0 Å². The van der Waals surface area contributed by atoms with Crippen molar-refractivity contribution in [3.05, 3.63) is 29.3 Å². The maximum atomic E-state index is 10.6. The smallest absolute Gasteiger partial charge is 0.264 e. The zero-order chi connectivity index (χ0) is 15.3. The molecule has 2 rings (SSSR count). The summed E-state index contributed by atoms with van der Waals surface area (Å²) < 4.78 is 30.9. The molecule has 0 radical (unpaired) electrons. The van der Waals surface area contributed by atoms with Crippen molar-refractivity contribution in [1.82, 2.24) is 4.98 Å². The summed E-state index contributed by atoms with van der Waals surface area (Å²) >= 11 is 7.02. The average molecular weight is 343 g/mol. The van der Waals surface area contributed by atoms with Gasteiger partial charge in [0.1, 0.15) is 5.01 Å². The molecule has 0 saturated heterocycles. The van der Waals surface area contributed by atoms with E-state index in [-0.39, 0.29) is 5.75 Å². The molecule has 1 aromatic heterocycles. The van der Waals surface area contributed by atoms with Crippen molar-refractivity contribution in [2.75, 3.05) is 5.75 Å². The lowest BCUT2D eigenvalue weighted by Crippen LogP contribution is -2.03.